The molecular formula is C16H30CaNNa2O12S2+. The summed E-state index contributed by atoms with van der Waals surface area (Å²) in [6.07, 6.45) is -2.52. The average Bonchev–Trinajstić information content (AvgIpc) is 2.93. The maximum atomic E-state index is 11.4. The molecule has 2 rings (SSSR count). The first-order valence-electron chi connectivity index (χ1n) is 9.78. The molecule has 1 saturated carbocycles. The van der Waals surface area contributed by atoms with Crippen molar-refractivity contribution in [2.24, 2.45) is 29.6 Å². The summed E-state index contributed by atoms with van der Waals surface area (Å²) in [7, 11) is -9.90. The molecule has 186 valence electrons. The van der Waals surface area contributed by atoms with Crippen molar-refractivity contribution in [3.63, 3.8) is 0 Å². The number of ether oxygens (including phenoxy) is 2. The summed E-state index contributed by atoms with van der Waals surface area (Å²) in [5.41, 5.74) is 0.484. The summed E-state index contributed by atoms with van der Waals surface area (Å²) >= 11 is 0. The van der Waals surface area contributed by atoms with E-state index in [4.69, 9.17) is 9.47 Å². The molecule has 1 aliphatic heterocycles. The zero-order chi connectivity index (χ0) is 22.9. The van der Waals surface area contributed by atoms with Crippen LogP contribution in [0.4, 0.5) is 0 Å². The molecule has 2 fully saturated rings. The van der Waals surface area contributed by atoms with Crippen molar-refractivity contribution in [2.75, 3.05) is 6.61 Å². The third-order valence-electron chi connectivity index (χ3n) is 6.21. The Balaban J connectivity index is -0.00000240. The van der Waals surface area contributed by atoms with Gasteiger partial charge >= 0.3 is 96.9 Å². The molecule has 0 aromatic carbocycles. The second kappa shape index (κ2) is 17.5. The third kappa shape index (κ3) is 11.9. The summed E-state index contributed by atoms with van der Waals surface area (Å²) in [4.78, 5) is 0. The van der Waals surface area contributed by atoms with E-state index < -0.39 is 63.3 Å². The quantitative estimate of drug-likeness (QED) is 0.117. The first kappa shape index (κ1) is 41.3. The molecule has 2 aliphatic rings. The van der Waals surface area contributed by atoms with Gasteiger partial charge in [-0.3, -0.25) is 13.1 Å². The number of rotatable bonds is 9. The Morgan fingerprint density at radius 2 is 1.50 bits per heavy atom. The summed E-state index contributed by atoms with van der Waals surface area (Å²) in [6.45, 7) is 6.62. The van der Waals surface area contributed by atoms with Crippen LogP contribution < -0.4 is 64.6 Å². The molecule has 13 nitrogen and oxygen atoms in total. The van der Waals surface area contributed by atoms with Crippen LogP contribution in [0.5, 0.6) is 0 Å². The fourth-order valence-corrected chi connectivity index (χ4v) is 5.51. The Hall–Kier alpha value is 2.80. The van der Waals surface area contributed by atoms with E-state index >= 15 is 0 Å². The number of hydrogen-bond donors (Lipinski definition) is 1. The van der Waals surface area contributed by atoms with Crippen molar-refractivity contribution in [1.82, 2.24) is 0 Å². The van der Waals surface area contributed by atoms with Crippen molar-refractivity contribution in [2.45, 2.75) is 65.3 Å². The van der Waals surface area contributed by atoms with E-state index in [1.807, 2.05) is 13.8 Å². The van der Waals surface area contributed by atoms with Crippen LogP contribution >= 0.6 is 0 Å². The average molecular weight is 579 g/mol. The van der Waals surface area contributed by atoms with Gasteiger partial charge in [-0.05, 0) is 18.3 Å². The number of nitrogens with two attached hydrogens (primary N) is 1. The largest absolute Gasteiger partial charge is 2.00 e. The van der Waals surface area contributed by atoms with Crippen LogP contribution in [-0.4, -0.2) is 100 Å². The molecule has 0 bridgehead atoms. The van der Waals surface area contributed by atoms with Gasteiger partial charge in [0.05, 0.1) is 24.7 Å². The second-order valence-electron chi connectivity index (χ2n) is 8.11. The predicted molar refractivity (Wildman–Crippen MR) is 106 cm³/mol. The molecule has 0 spiro atoms. The van der Waals surface area contributed by atoms with Crippen LogP contribution in [0, 0.1) is 34.8 Å². The maximum absolute atomic E-state index is 11.4. The Morgan fingerprint density at radius 3 is 1.94 bits per heavy atom. The molecule has 9 atom stereocenters. The van der Waals surface area contributed by atoms with E-state index in [2.05, 4.69) is 8.37 Å². The van der Waals surface area contributed by atoms with Crippen LogP contribution in [0.1, 0.15) is 40.5 Å². The smallest absolute Gasteiger partial charge is 0.870 e. The fraction of sp³-hybridized carbons (Fsp3) is 1.00. The monoisotopic (exact) mass is 578 g/mol. The van der Waals surface area contributed by atoms with Crippen molar-refractivity contribution < 1.29 is 114 Å². The fourth-order valence-electron chi connectivity index (χ4n) is 4.54. The minimum Gasteiger partial charge on any atom is -0.870 e. The van der Waals surface area contributed by atoms with Gasteiger partial charge in [0.2, 0.25) is 20.8 Å². The van der Waals surface area contributed by atoms with E-state index in [1.165, 1.54) is 6.92 Å². The van der Waals surface area contributed by atoms with Gasteiger partial charge in [0.25, 0.3) is 0 Å². The minimum atomic E-state index is -5.03. The zero-order valence-corrected chi connectivity index (χ0v) is 28.2. The molecule has 3 N–H and O–H groups in total. The van der Waals surface area contributed by atoms with Gasteiger partial charge in [0, 0.05) is 11.8 Å². The van der Waals surface area contributed by atoms with Crippen molar-refractivity contribution >= 4 is 58.5 Å². The van der Waals surface area contributed by atoms with Crippen molar-refractivity contribution in [1.29, 1.82) is 0 Å². The predicted octanol–water partition coefficient (Wildman–Crippen LogP) is -7.16. The normalized spacial score (nSPS) is 35.8. The summed E-state index contributed by atoms with van der Waals surface area (Å²) in [6, 6.07) is 0. The van der Waals surface area contributed by atoms with Gasteiger partial charge in [-0.1, -0.05) is 34.1 Å². The zero-order valence-electron chi connectivity index (χ0n) is 20.4. The minimum absolute atomic E-state index is 0. The van der Waals surface area contributed by atoms with Gasteiger partial charge in [-0.15, -0.1) is 0 Å². The number of quaternary nitrogens is 1. The molecule has 1 heterocycles. The van der Waals surface area contributed by atoms with Crippen molar-refractivity contribution in [3.8, 4) is 0 Å². The molecule has 1 aliphatic carbocycles. The molecule has 0 amide bonds. The standard InChI is InChI=1S/C16H31NO11S2.Ca.2Na.H2O/c1-5-11-6-12(7-25-29(19,20)21)14(8(11)2)26-16-10(4)13(28-30(22,23)24)9(3)15(17-18)27-16;;;;/h8-16H,5-7,17H2,1-4H3,(H,19,20,21)(H,22,23,24);;;;1H2/q;+2;2*+1;/p-3. The van der Waals surface area contributed by atoms with Crippen LogP contribution in [-0.2, 0) is 38.6 Å². The molecule has 18 heteroatoms. The molecule has 34 heavy (non-hydrogen) atoms. The van der Waals surface area contributed by atoms with E-state index in [9.17, 15) is 31.1 Å². The SMILES string of the molecule is CCC1CC(COS(=O)(=O)[O-])C(OC2OC([NH2+][O-])C(C)C(OS(=O)(=O)[O-])C2C)C1C.[Ca+2].[Na+].[Na+].[OH-]. The second-order valence-corrected chi connectivity index (χ2v) is 10.2. The molecule has 0 radical (unpaired) electrons. The molecule has 0 aromatic rings. The summed E-state index contributed by atoms with van der Waals surface area (Å²) in [5.74, 6) is -1.74. The van der Waals surface area contributed by atoms with Crippen LogP contribution in [0.25, 0.3) is 0 Å². The van der Waals surface area contributed by atoms with Crippen LogP contribution in [0.2, 0.25) is 0 Å². The first-order valence-corrected chi connectivity index (χ1v) is 12.4. The van der Waals surface area contributed by atoms with E-state index in [0.29, 0.717) is 11.9 Å². The molecule has 9 unspecified atom stereocenters. The summed E-state index contributed by atoms with van der Waals surface area (Å²) < 4.78 is 87.0. The van der Waals surface area contributed by atoms with Crippen LogP contribution in [0.15, 0.2) is 0 Å². The van der Waals surface area contributed by atoms with E-state index in [0.717, 1.165) is 6.42 Å². The van der Waals surface area contributed by atoms with E-state index in [-0.39, 0.29) is 121 Å². The third-order valence-corrected chi connectivity index (χ3v) is 7.09. The Kier molecular flexibility index (Phi) is 21.2. The van der Waals surface area contributed by atoms with Gasteiger partial charge in [-0.2, -0.15) is 0 Å². The van der Waals surface area contributed by atoms with Gasteiger partial charge in [-0.25, -0.2) is 16.8 Å². The molecule has 0 aromatic heterocycles. The topological polar surface area (TPSA) is 221 Å². The molecular weight excluding hydrogens is 548 g/mol. The maximum Gasteiger partial charge on any atom is 2.00 e. The number of hydrogen-bond acceptors (Lipinski definition) is 12. The van der Waals surface area contributed by atoms with Gasteiger partial charge < -0.3 is 30.0 Å². The van der Waals surface area contributed by atoms with Crippen molar-refractivity contribution in [3.05, 3.63) is 5.21 Å². The first-order chi connectivity index (χ1) is 13.8. The van der Waals surface area contributed by atoms with Crippen LogP contribution in [0.3, 0.4) is 0 Å². The Bertz CT molecular complexity index is 793. The van der Waals surface area contributed by atoms with Gasteiger partial charge in [0.1, 0.15) is 0 Å². The van der Waals surface area contributed by atoms with E-state index in [1.54, 1.807) is 6.92 Å². The Labute approximate surface area is 275 Å². The Morgan fingerprint density at radius 1 is 0.941 bits per heavy atom. The summed E-state index contributed by atoms with van der Waals surface area (Å²) in [5, 5.41) is 11.4. The molecule has 1 saturated heterocycles. The number of hydroxylamine groups is 1. The van der Waals surface area contributed by atoms with Gasteiger partial charge in [0.15, 0.2) is 12.5 Å².